The van der Waals surface area contributed by atoms with E-state index in [9.17, 15) is 14.0 Å². The number of hydrogen-bond acceptors (Lipinski definition) is 4. The molecule has 7 heteroatoms. The number of halogens is 1. The van der Waals surface area contributed by atoms with Crippen LogP contribution < -0.4 is 20.7 Å². The average molecular weight is 359 g/mol. The normalized spacial score (nSPS) is 11.3. The van der Waals surface area contributed by atoms with Crippen LogP contribution in [0.25, 0.3) is 0 Å². The van der Waals surface area contributed by atoms with E-state index in [4.69, 9.17) is 4.74 Å². The molecule has 0 spiro atoms. The van der Waals surface area contributed by atoms with Crippen molar-refractivity contribution in [2.75, 3.05) is 11.9 Å². The fourth-order valence-corrected chi connectivity index (χ4v) is 2.16. The minimum absolute atomic E-state index is 0.292. The number of ether oxygens (including phenoxy) is 1. The molecule has 2 rings (SSSR count). The highest BCUT2D eigenvalue weighted by Gasteiger charge is 2.15. The highest BCUT2D eigenvalue weighted by atomic mass is 19.1. The third kappa shape index (κ3) is 6.08. The topological polar surface area (TPSA) is 79.5 Å². The number of benzene rings is 2. The Hall–Kier alpha value is -3.09. The quantitative estimate of drug-likeness (QED) is 0.710. The zero-order chi connectivity index (χ0) is 18.9. The monoisotopic (exact) mass is 359 g/mol. The van der Waals surface area contributed by atoms with Crippen LogP contribution in [0.15, 0.2) is 48.5 Å². The molecule has 0 unspecified atom stereocenters. The van der Waals surface area contributed by atoms with Crippen LogP contribution in [-0.2, 0) is 11.4 Å². The molecule has 0 aliphatic heterocycles. The molecule has 2 aromatic rings. The standard InChI is InChI=1S/C19H22FN3O3/c1-3-21-19(25)23-18(24)13(2)22-16-5-4-6-17(11-16)26-12-14-7-9-15(20)10-8-14/h4-11,13,22H,3,12H2,1-2H3,(H2,21,23,24,25)/t13-/m0/s1. The molecule has 0 bridgehead atoms. The van der Waals surface area contributed by atoms with Gasteiger partial charge < -0.3 is 15.4 Å². The van der Waals surface area contributed by atoms with Crippen molar-refractivity contribution in [3.05, 3.63) is 59.9 Å². The van der Waals surface area contributed by atoms with Crippen LogP contribution in [0, 0.1) is 5.82 Å². The van der Waals surface area contributed by atoms with Crippen molar-refractivity contribution in [1.29, 1.82) is 0 Å². The Kier molecular flexibility index (Phi) is 6.96. The third-order valence-corrected chi connectivity index (χ3v) is 3.50. The van der Waals surface area contributed by atoms with E-state index in [0.717, 1.165) is 5.56 Å². The van der Waals surface area contributed by atoms with Gasteiger partial charge in [0.2, 0.25) is 5.91 Å². The lowest BCUT2D eigenvalue weighted by Gasteiger charge is -2.15. The van der Waals surface area contributed by atoms with Gasteiger partial charge >= 0.3 is 6.03 Å². The zero-order valence-electron chi connectivity index (χ0n) is 14.7. The summed E-state index contributed by atoms with van der Waals surface area (Å²) in [5.74, 6) is -0.121. The molecule has 2 aromatic carbocycles. The number of rotatable bonds is 7. The van der Waals surface area contributed by atoms with Crippen LogP contribution in [0.1, 0.15) is 19.4 Å². The summed E-state index contributed by atoms with van der Waals surface area (Å²) in [6.45, 7) is 4.16. The predicted octanol–water partition coefficient (Wildman–Crippen LogP) is 3.05. The lowest BCUT2D eigenvalue weighted by atomic mass is 10.2. The Morgan fingerprint density at radius 1 is 1.15 bits per heavy atom. The van der Waals surface area contributed by atoms with Gasteiger partial charge in [0.15, 0.2) is 0 Å². The average Bonchev–Trinajstić information content (AvgIpc) is 2.61. The molecule has 26 heavy (non-hydrogen) atoms. The second-order valence-corrected chi connectivity index (χ2v) is 5.66. The molecule has 0 saturated carbocycles. The van der Waals surface area contributed by atoms with Crippen LogP contribution in [0.2, 0.25) is 0 Å². The molecular formula is C19H22FN3O3. The third-order valence-electron chi connectivity index (χ3n) is 3.50. The van der Waals surface area contributed by atoms with Crippen molar-refractivity contribution < 1.29 is 18.7 Å². The highest BCUT2D eigenvalue weighted by Crippen LogP contribution is 2.19. The van der Waals surface area contributed by atoms with E-state index >= 15 is 0 Å². The highest BCUT2D eigenvalue weighted by molar-refractivity contribution is 5.97. The molecule has 3 amide bonds. The second-order valence-electron chi connectivity index (χ2n) is 5.66. The van der Waals surface area contributed by atoms with Crippen LogP contribution in [0.3, 0.4) is 0 Å². The molecule has 0 aliphatic rings. The van der Waals surface area contributed by atoms with E-state index < -0.39 is 18.0 Å². The fourth-order valence-electron chi connectivity index (χ4n) is 2.16. The Morgan fingerprint density at radius 3 is 2.58 bits per heavy atom. The number of anilines is 1. The summed E-state index contributed by atoms with van der Waals surface area (Å²) in [6, 6.07) is 12.1. The second kappa shape index (κ2) is 9.41. The molecule has 0 radical (unpaired) electrons. The van der Waals surface area contributed by atoms with E-state index in [-0.39, 0.29) is 5.82 Å². The van der Waals surface area contributed by atoms with Gasteiger partial charge in [-0.25, -0.2) is 9.18 Å². The Balaban J connectivity index is 1.90. The maximum Gasteiger partial charge on any atom is 0.321 e. The van der Waals surface area contributed by atoms with Crippen molar-refractivity contribution in [2.24, 2.45) is 0 Å². The first-order valence-corrected chi connectivity index (χ1v) is 8.30. The maximum atomic E-state index is 12.9. The van der Waals surface area contributed by atoms with Gasteiger partial charge in [-0.15, -0.1) is 0 Å². The zero-order valence-corrected chi connectivity index (χ0v) is 14.7. The van der Waals surface area contributed by atoms with E-state index in [0.29, 0.717) is 24.6 Å². The summed E-state index contributed by atoms with van der Waals surface area (Å²) in [6.07, 6.45) is 0. The van der Waals surface area contributed by atoms with Gasteiger partial charge in [0.25, 0.3) is 0 Å². The Bertz CT molecular complexity index is 750. The van der Waals surface area contributed by atoms with Crippen molar-refractivity contribution in [3.8, 4) is 5.75 Å². The molecule has 0 saturated heterocycles. The van der Waals surface area contributed by atoms with Crippen LogP contribution in [0.4, 0.5) is 14.9 Å². The predicted molar refractivity (Wildman–Crippen MR) is 97.5 cm³/mol. The number of imide groups is 1. The lowest BCUT2D eigenvalue weighted by Crippen LogP contribution is -2.45. The minimum atomic E-state index is -0.607. The van der Waals surface area contributed by atoms with Crippen LogP contribution >= 0.6 is 0 Å². The number of hydrogen-bond donors (Lipinski definition) is 3. The smallest absolute Gasteiger partial charge is 0.321 e. The van der Waals surface area contributed by atoms with E-state index in [2.05, 4.69) is 16.0 Å². The molecule has 1 atom stereocenters. The first-order chi connectivity index (χ1) is 12.5. The molecule has 0 aromatic heterocycles. The Morgan fingerprint density at radius 2 is 1.88 bits per heavy atom. The summed E-state index contributed by atoms with van der Waals surface area (Å²) < 4.78 is 18.6. The molecule has 3 N–H and O–H groups in total. The van der Waals surface area contributed by atoms with Crippen molar-refractivity contribution in [1.82, 2.24) is 10.6 Å². The number of carbonyl (C=O) groups is 2. The van der Waals surface area contributed by atoms with Crippen LogP contribution in [-0.4, -0.2) is 24.5 Å². The fraction of sp³-hybridized carbons (Fsp3) is 0.263. The molecule has 0 fully saturated rings. The largest absolute Gasteiger partial charge is 0.489 e. The van der Waals surface area contributed by atoms with Crippen molar-refractivity contribution >= 4 is 17.6 Å². The van der Waals surface area contributed by atoms with Gasteiger partial charge in [0, 0.05) is 18.3 Å². The molecule has 138 valence electrons. The Labute approximate surface area is 151 Å². The summed E-state index contributed by atoms with van der Waals surface area (Å²) in [4.78, 5) is 23.4. The summed E-state index contributed by atoms with van der Waals surface area (Å²) in [7, 11) is 0. The van der Waals surface area contributed by atoms with Crippen LogP contribution in [0.5, 0.6) is 5.75 Å². The maximum absolute atomic E-state index is 12.9. The summed E-state index contributed by atoms with van der Waals surface area (Å²) in [5, 5.41) is 7.76. The van der Waals surface area contributed by atoms with Gasteiger partial charge in [-0.1, -0.05) is 18.2 Å². The van der Waals surface area contributed by atoms with Crippen molar-refractivity contribution in [2.45, 2.75) is 26.5 Å². The lowest BCUT2D eigenvalue weighted by molar-refractivity contribution is -0.120. The van der Waals surface area contributed by atoms with E-state index in [1.54, 1.807) is 50.2 Å². The number of nitrogens with one attached hydrogen (secondary N) is 3. The van der Waals surface area contributed by atoms with Gasteiger partial charge in [0.1, 0.15) is 24.2 Å². The van der Waals surface area contributed by atoms with Gasteiger partial charge in [-0.2, -0.15) is 0 Å². The first kappa shape index (κ1) is 19.2. The van der Waals surface area contributed by atoms with Gasteiger partial charge in [-0.3, -0.25) is 10.1 Å². The molecular weight excluding hydrogens is 337 g/mol. The molecule has 0 aliphatic carbocycles. The molecule has 6 nitrogen and oxygen atoms in total. The number of urea groups is 1. The summed E-state index contributed by atoms with van der Waals surface area (Å²) in [5.41, 5.74) is 1.53. The minimum Gasteiger partial charge on any atom is -0.489 e. The number of amides is 3. The van der Waals surface area contributed by atoms with Gasteiger partial charge in [-0.05, 0) is 43.7 Å². The van der Waals surface area contributed by atoms with E-state index in [1.165, 1.54) is 12.1 Å². The molecule has 0 heterocycles. The first-order valence-electron chi connectivity index (χ1n) is 8.30. The SMILES string of the molecule is CCNC(=O)NC(=O)[C@H](C)Nc1cccc(OCc2ccc(F)cc2)c1. The number of carbonyl (C=O) groups excluding carboxylic acids is 2. The van der Waals surface area contributed by atoms with E-state index in [1.807, 2.05) is 0 Å². The summed E-state index contributed by atoms with van der Waals surface area (Å²) >= 11 is 0. The van der Waals surface area contributed by atoms with Crippen molar-refractivity contribution in [3.63, 3.8) is 0 Å². The van der Waals surface area contributed by atoms with Gasteiger partial charge in [0.05, 0.1) is 0 Å².